The van der Waals surface area contributed by atoms with Gasteiger partial charge < -0.3 is 5.32 Å². The Morgan fingerprint density at radius 2 is 2.00 bits per heavy atom. The number of nitrogens with zero attached hydrogens (tertiary/aromatic N) is 2. The van der Waals surface area contributed by atoms with E-state index >= 15 is 0 Å². The van der Waals surface area contributed by atoms with Crippen LogP contribution in [-0.2, 0) is 4.79 Å². The van der Waals surface area contributed by atoms with Crippen LogP contribution >= 0.6 is 34.7 Å². The van der Waals surface area contributed by atoms with E-state index in [0.29, 0.717) is 37.3 Å². The molecule has 9 heteroatoms. The second-order valence-corrected chi connectivity index (χ2v) is 9.17. The van der Waals surface area contributed by atoms with E-state index in [1.165, 1.54) is 28.0 Å². The Labute approximate surface area is 190 Å². The van der Waals surface area contributed by atoms with Gasteiger partial charge in [0.1, 0.15) is 10.5 Å². The minimum Gasteiger partial charge on any atom is -0.325 e. The van der Waals surface area contributed by atoms with Crippen molar-refractivity contribution in [3.8, 4) is 5.69 Å². The Morgan fingerprint density at radius 3 is 2.74 bits per heavy atom. The maximum absolute atomic E-state index is 13.6. The first-order valence-corrected chi connectivity index (χ1v) is 11.5. The smallest absolute Gasteiger partial charge is 0.276 e. The van der Waals surface area contributed by atoms with Gasteiger partial charge in [-0.05, 0) is 66.8 Å². The van der Waals surface area contributed by atoms with Crippen LogP contribution in [0.4, 0.5) is 10.1 Å². The molecule has 0 unspecified atom stereocenters. The molecule has 1 amide bonds. The highest BCUT2D eigenvalue weighted by atomic mass is 35.5. The molecule has 0 bridgehead atoms. The molecule has 0 aliphatic heterocycles. The van der Waals surface area contributed by atoms with Gasteiger partial charge in [-0.15, -0.1) is 11.3 Å². The fraction of sp³-hybridized carbons (Fsp3) is 0.136. The summed E-state index contributed by atoms with van der Waals surface area (Å²) < 4.78 is 15.6. The zero-order chi connectivity index (χ0) is 22.1. The summed E-state index contributed by atoms with van der Waals surface area (Å²) in [5.74, 6) is -0.606. The van der Waals surface area contributed by atoms with Gasteiger partial charge in [0.2, 0.25) is 5.91 Å². The van der Waals surface area contributed by atoms with Crippen molar-refractivity contribution in [3.63, 3.8) is 0 Å². The van der Waals surface area contributed by atoms with Crippen LogP contribution in [-0.4, -0.2) is 21.2 Å². The largest absolute Gasteiger partial charge is 0.325 e. The van der Waals surface area contributed by atoms with Gasteiger partial charge in [-0.25, -0.2) is 9.37 Å². The van der Waals surface area contributed by atoms with Crippen LogP contribution in [0.15, 0.2) is 57.8 Å². The van der Waals surface area contributed by atoms with Crippen molar-refractivity contribution in [1.82, 2.24) is 9.55 Å². The Kier molecular flexibility index (Phi) is 6.13. The summed E-state index contributed by atoms with van der Waals surface area (Å²) in [7, 11) is 0. The highest BCUT2D eigenvalue weighted by Gasteiger charge is 2.17. The molecular formula is C22H17ClFN3O2S2. The van der Waals surface area contributed by atoms with E-state index in [-0.39, 0.29) is 23.0 Å². The number of hydrogen-bond donors (Lipinski definition) is 1. The number of hydrogen-bond acceptors (Lipinski definition) is 5. The lowest BCUT2D eigenvalue weighted by molar-refractivity contribution is -0.113. The van der Waals surface area contributed by atoms with Crippen LogP contribution in [0.25, 0.3) is 15.9 Å². The summed E-state index contributed by atoms with van der Waals surface area (Å²) >= 11 is 8.55. The molecule has 0 atom stereocenters. The summed E-state index contributed by atoms with van der Waals surface area (Å²) in [6, 6.07) is 11.3. The average molecular weight is 474 g/mol. The number of carbonyl (C=O) groups excluding carboxylic acids is 1. The van der Waals surface area contributed by atoms with Crippen LogP contribution < -0.4 is 10.9 Å². The summed E-state index contributed by atoms with van der Waals surface area (Å²) in [4.78, 5) is 30.2. The number of fused-ring (bicyclic) bond motifs is 1. The van der Waals surface area contributed by atoms with Crippen molar-refractivity contribution in [1.29, 1.82) is 0 Å². The first kappa shape index (κ1) is 21.5. The molecular weight excluding hydrogens is 457 g/mol. The fourth-order valence-corrected chi connectivity index (χ4v) is 4.81. The molecule has 158 valence electrons. The molecule has 2 aromatic heterocycles. The minimum atomic E-state index is -0.384. The van der Waals surface area contributed by atoms with E-state index in [0.717, 1.165) is 17.3 Å². The lowest BCUT2D eigenvalue weighted by Crippen LogP contribution is -2.23. The van der Waals surface area contributed by atoms with Gasteiger partial charge in [-0.2, -0.15) is 0 Å². The van der Waals surface area contributed by atoms with Crippen molar-refractivity contribution in [2.75, 3.05) is 11.1 Å². The summed E-state index contributed by atoms with van der Waals surface area (Å²) in [6.45, 7) is 3.61. The molecule has 0 aliphatic carbocycles. The standard InChI is InChI=1S/C22H17ClFN3O2S2/c1-12-3-5-15(10-16(12)23)25-19(28)11-31-22-26-17-7-8-30-20(17)21(29)27(22)18-6-4-14(24)9-13(18)2/h3-10H,11H2,1-2H3,(H,25,28). The number of nitrogens with one attached hydrogen (secondary N) is 1. The van der Waals surface area contributed by atoms with Crippen LogP contribution in [0.5, 0.6) is 0 Å². The van der Waals surface area contributed by atoms with E-state index < -0.39 is 0 Å². The minimum absolute atomic E-state index is 0.0355. The third-order valence-electron chi connectivity index (χ3n) is 4.64. The first-order valence-electron chi connectivity index (χ1n) is 9.29. The van der Waals surface area contributed by atoms with Gasteiger partial charge in [0.25, 0.3) is 5.56 Å². The molecule has 4 aromatic rings. The van der Waals surface area contributed by atoms with E-state index in [4.69, 9.17) is 11.6 Å². The van der Waals surface area contributed by atoms with Gasteiger partial charge in [0.15, 0.2) is 5.16 Å². The number of thioether (sulfide) groups is 1. The number of carbonyl (C=O) groups is 1. The molecule has 0 saturated carbocycles. The molecule has 4 rings (SSSR count). The third kappa shape index (κ3) is 4.51. The normalized spacial score (nSPS) is 11.1. The number of benzene rings is 2. The summed E-state index contributed by atoms with van der Waals surface area (Å²) in [5.41, 5.74) is 2.96. The van der Waals surface area contributed by atoms with Gasteiger partial charge in [-0.3, -0.25) is 14.2 Å². The second kappa shape index (κ2) is 8.82. The number of aromatic nitrogens is 2. The van der Waals surface area contributed by atoms with E-state index in [2.05, 4.69) is 10.3 Å². The van der Waals surface area contributed by atoms with Crippen LogP contribution in [0.3, 0.4) is 0 Å². The predicted molar refractivity (Wildman–Crippen MR) is 125 cm³/mol. The Balaban J connectivity index is 1.65. The third-order valence-corrected chi connectivity index (χ3v) is 6.87. The van der Waals surface area contributed by atoms with Crippen LogP contribution in [0, 0.1) is 19.7 Å². The molecule has 2 aromatic carbocycles. The second-order valence-electron chi connectivity index (χ2n) is 6.90. The lowest BCUT2D eigenvalue weighted by Gasteiger charge is -2.14. The number of halogens is 2. The Morgan fingerprint density at radius 1 is 1.19 bits per heavy atom. The van der Waals surface area contributed by atoms with Crippen LogP contribution in [0.1, 0.15) is 11.1 Å². The number of thiophene rings is 1. The molecule has 0 radical (unpaired) electrons. The lowest BCUT2D eigenvalue weighted by atomic mass is 10.2. The molecule has 31 heavy (non-hydrogen) atoms. The Hall–Kier alpha value is -2.68. The molecule has 0 aliphatic rings. The average Bonchev–Trinajstić information content (AvgIpc) is 3.19. The molecule has 0 spiro atoms. The quantitative estimate of drug-likeness (QED) is 0.303. The van der Waals surface area contributed by atoms with E-state index in [1.807, 2.05) is 13.0 Å². The zero-order valence-electron chi connectivity index (χ0n) is 16.6. The first-order chi connectivity index (χ1) is 14.8. The Bertz CT molecular complexity index is 1370. The molecule has 2 heterocycles. The van der Waals surface area contributed by atoms with Gasteiger partial charge >= 0.3 is 0 Å². The number of aryl methyl sites for hydroxylation is 2. The van der Waals surface area contributed by atoms with Crippen molar-refractivity contribution in [2.45, 2.75) is 19.0 Å². The van der Waals surface area contributed by atoms with Crippen molar-refractivity contribution >= 4 is 56.5 Å². The predicted octanol–water partition coefficient (Wildman–Crippen LogP) is 5.59. The fourth-order valence-electron chi connectivity index (χ4n) is 3.07. The maximum Gasteiger partial charge on any atom is 0.276 e. The van der Waals surface area contributed by atoms with E-state index in [9.17, 15) is 14.0 Å². The van der Waals surface area contributed by atoms with Gasteiger partial charge in [-0.1, -0.05) is 29.4 Å². The summed E-state index contributed by atoms with van der Waals surface area (Å²) in [6.07, 6.45) is 0. The number of rotatable bonds is 5. The van der Waals surface area contributed by atoms with Gasteiger partial charge in [0.05, 0.1) is 17.0 Å². The maximum atomic E-state index is 13.6. The van der Waals surface area contributed by atoms with Crippen molar-refractivity contribution in [2.24, 2.45) is 0 Å². The van der Waals surface area contributed by atoms with Gasteiger partial charge in [0, 0.05) is 10.7 Å². The highest BCUT2D eigenvalue weighted by molar-refractivity contribution is 7.99. The summed E-state index contributed by atoms with van der Waals surface area (Å²) in [5, 5.41) is 5.52. The van der Waals surface area contributed by atoms with Crippen molar-refractivity contribution < 1.29 is 9.18 Å². The molecule has 5 nitrogen and oxygen atoms in total. The van der Waals surface area contributed by atoms with Crippen LogP contribution in [0.2, 0.25) is 5.02 Å². The van der Waals surface area contributed by atoms with Crippen molar-refractivity contribution in [3.05, 3.63) is 80.2 Å². The highest BCUT2D eigenvalue weighted by Crippen LogP contribution is 2.26. The monoisotopic (exact) mass is 473 g/mol. The SMILES string of the molecule is Cc1ccc(NC(=O)CSc2nc3ccsc3c(=O)n2-c2ccc(F)cc2C)cc1Cl. The number of anilines is 1. The topological polar surface area (TPSA) is 64.0 Å². The van der Waals surface area contributed by atoms with E-state index in [1.54, 1.807) is 36.6 Å². The zero-order valence-corrected chi connectivity index (χ0v) is 19.0. The number of amides is 1. The molecule has 0 saturated heterocycles. The molecule has 0 fully saturated rings. The molecule has 1 N–H and O–H groups in total.